The Bertz CT molecular complexity index is 1260. The number of para-hydroxylation sites is 2. The molecular weight excluding hydrogens is 410 g/mol. The molecule has 5 heteroatoms. The molecule has 0 radical (unpaired) electrons. The van der Waals surface area contributed by atoms with Crippen LogP contribution in [0.1, 0.15) is 29.5 Å². The van der Waals surface area contributed by atoms with Crippen LogP contribution in [0.15, 0.2) is 79.0 Å². The lowest BCUT2D eigenvalue weighted by Gasteiger charge is -2.25. The Kier molecular flexibility index (Phi) is 5.88. The fourth-order valence-electron chi connectivity index (χ4n) is 4.81. The van der Waals surface area contributed by atoms with E-state index in [0.29, 0.717) is 6.54 Å². The molecule has 1 aliphatic rings. The number of nitrogens with one attached hydrogen (secondary N) is 2. The molecule has 1 amide bonds. The van der Waals surface area contributed by atoms with Gasteiger partial charge in [0.25, 0.3) is 0 Å². The predicted molar refractivity (Wildman–Crippen MR) is 133 cm³/mol. The van der Waals surface area contributed by atoms with E-state index in [1.165, 1.54) is 22.1 Å². The highest BCUT2D eigenvalue weighted by atomic mass is 16.5. The van der Waals surface area contributed by atoms with Gasteiger partial charge < -0.3 is 19.9 Å². The number of aromatic nitrogens is 1. The first kappa shape index (κ1) is 21.3. The third-order valence-corrected chi connectivity index (χ3v) is 6.67. The highest BCUT2D eigenvalue weighted by Gasteiger charge is 2.28. The average Bonchev–Trinajstić information content (AvgIpc) is 3.49. The van der Waals surface area contributed by atoms with E-state index in [0.717, 1.165) is 29.9 Å². The molecule has 1 aromatic heterocycles. The first-order valence-corrected chi connectivity index (χ1v) is 11.5. The molecule has 1 aliphatic heterocycles. The summed E-state index contributed by atoms with van der Waals surface area (Å²) >= 11 is 0. The van der Waals surface area contributed by atoms with Crippen molar-refractivity contribution in [2.75, 3.05) is 25.1 Å². The Morgan fingerprint density at radius 1 is 1.06 bits per heavy atom. The molecule has 0 saturated carbocycles. The average molecular weight is 440 g/mol. The number of H-pyrrole nitrogens is 1. The summed E-state index contributed by atoms with van der Waals surface area (Å²) in [6, 6.07) is 24.4. The summed E-state index contributed by atoms with van der Waals surface area (Å²) in [5.74, 6) is 1.04. The summed E-state index contributed by atoms with van der Waals surface area (Å²) < 4.78 is 5.35. The summed E-state index contributed by atoms with van der Waals surface area (Å²) in [6.45, 7) is 3.36. The molecule has 5 rings (SSSR count). The van der Waals surface area contributed by atoms with Crippen LogP contribution >= 0.6 is 0 Å². The minimum atomic E-state index is -0.290. The van der Waals surface area contributed by atoms with Gasteiger partial charge in [-0.2, -0.15) is 0 Å². The first-order chi connectivity index (χ1) is 16.2. The minimum Gasteiger partial charge on any atom is -0.497 e. The molecule has 2 unspecified atom stereocenters. The number of carbonyl (C=O) groups is 1. The van der Waals surface area contributed by atoms with Gasteiger partial charge in [0.15, 0.2) is 0 Å². The van der Waals surface area contributed by atoms with Gasteiger partial charge >= 0.3 is 0 Å². The molecule has 2 atom stereocenters. The van der Waals surface area contributed by atoms with Crippen LogP contribution in [-0.2, 0) is 11.2 Å². The van der Waals surface area contributed by atoms with Crippen LogP contribution in [0.4, 0.5) is 5.69 Å². The lowest BCUT2D eigenvalue weighted by atomic mass is 9.90. The molecule has 0 spiro atoms. The number of methoxy groups -OCH3 is 1. The Balaban J connectivity index is 1.39. The second kappa shape index (κ2) is 9.12. The largest absolute Gasteiger partial charge is 0.497 e. The predicted octanol–water partition coefficient (Wildman–Crippen LogP) is 4.88. The molecule has 0 bridgehead atoms. The summed E-state index contributed by atoms with van der Waals surface area (Å²) in [7, 11) is 1.68. The monoisotopic (exact) mass is 439 g/mol. The third kappa shape index (κ3) is 4.12. The molecule has 2 N–H and O–H groups in total. The van der Waals surface area contributed by atoms with Crippen molar-refractivity contribution in [2.45, 2.75) is 25.3 Å². The van der Waals surface area contributed by atoms with Crippen LogP contribution in [0.3, 0.4) is 0 Å². The summed E-state index contributed by atoms with van der Waals surface area (Å²) in [5, 5.41) is 4.74. The third-order valence-electron chi connectivity index (χ3n) is 6.67. The van der Waals surface area contributed by atoms with Gasteiger partial charge in [-0.1, -0.05) is 48.5 Å². The zero-order valence-electron chi connectivity index (χ0n) is 19.0. The van der Waals surface area contributed by atoms with Crippen LogP contribution < -0.4 is 15.0 Å². The summed E-state index contributed by atoms with van der Waals surface area (Å²) in [5.41, 5.74) is 5.80. The Hall–Kier alpha value is -3.57. The van der Waals surface area contributed by atoms with E-state index in [4.69, 9.17) is 4.74 Å². The molecule has 0 aliphatic carbocycles. The number of amides is 1. The Morgan fingerprint density at radius 2 is 1.82 bits per heavy atom. The highest BCUT2D eigenvalue weighted by molar-refractivity contribution is 5.98. The van der Waals surface area contributed by atoms with Gasteiger partial charge in [-0.05, 0) is 54.3 Å². The Morgan fingerprint density at radius 3 is 2.64 bits per heavy atom. The number of fused-ring (bicyclic) bond motifs is 2. The molecule has 3 aromatic carbocycles. The molecule has 4 aromatic rings. The van der Waals surface area contributed by atoms with E-state index in [9.17, 15) is 4.79 Å². The number of nitrogens with zero attached hydrogens (tertiary/aromatic N) is 1. The molecule has 5 nitrogen and oxygen atoms in total. The quantitative estimate of drug-likeness (QED) is 0.432. The summed E-state index contributed by atoms with van der Waals surface area (Å²) in [6.07, 6.45) is 3.00. The molecule has 2 heterocycles. The molecule has 168 valence electrons. The van der Waals surface area contributed by atoms with Crippen LogP contribution in [-0.4, -0.2) is 37.1 Å². The van der Waals surface area contributed by atoms with Gasteiger partial charge in [-0.15, -0.1) is 0 Å². The van der Waals surface area contributed by atoms with Crippen LogP contribution in [0.25, 0.3) is 10.9 Å². The van der Waals surface area contributed by atoms with E-state index < -0.39 is 0 Å². The van der Waals surface area contributed by atoms with Crippen molar-refractivity contribution >= 4 is 22.5 Å². The van der Waals surface area contributed by atoms with Crippen LogP contribution in [0.2, 0.25) is 0 Å². The number of aromatic amines is 1. The van der Waals surface area contributed by atoms with Crippen LogP contribution in [0, 0.1) is 0 Å². The second-order valence-corrected chi connectivity index (χ2v) is 8.61. The number of anilines is 1. The maximum atomic E-state index is 13.3. The lowest BCUT2D eigenvalue weighted by Crippen LogP contribution is -2.45. The van der Waals surface area contributed by atoms with Gasteiger partial charge in [0.1, 0.15) is 5.75 Å². The van der Waals surface area contributed by atoms with Gasteiger partial charge in [0.05, 0.1) is 13.2 Å². The SMILES string of the molecule is COc1ccc(C(CNC(C)C(=O)N2CCc3ccccc32)c2c[nH]c3ccccc23)cc1. The number of ether oxygens (including phenoxy) is 1. The van der Waals surface area contributed by atoms with E-state index in [1.54, 1.807) is 7.11 Å². The first-order valence-electron chi connectivity index (χ1n) is 11.5. The van der Waals surface area contributed by atoms with Crippen molar-refractivity contribution in [3.05, 3.63) is 95.7 Å². The van der Waals surface area contributed by atoms with Crippen molar-refractivity contribution in [3.8, 4) is 5.75 Å². The van der Waals surface area contributed by atoms with Crippen molar-refractivity contribution in [2.24, 2.45) is 0 Å². The standard InChI is InChI=1S/C28H29N3O2/c1-19(28(32)31-16-15-21-7-3-6-10-27(21)31)29-17-24(20-11-13-22(33-2)14-12-20)25-18-30-26-9-5-4-8-23(25)26/h3-14,18-19,24,29-30H,15-17H2,1-2H3. The fourth-order valence-corrected chi connectivity index (χ4v) is 4.81. The van der Waals surface area contributed by atoms with E-state index in [1.807, 2.05) is 48.2 Å². The van der Waals surface area contributed by atoms with Gasteiger partial charge in [-0.3, -0.25) is 4.79 Å². The van der Waals surface area contributed by atoms with Crippen molar-refractivity contribution in [1.82, 2.24) is 10.3 Å². The maximum absolute atomic E-state index is 13.3. The molecule has 0 fully saturated rings. The van der Waals surface area contributed by atoms with Crippen molar-refractivity contribution in [3.63, 3.8) is 0 Å². The van der Waals surface area contributed by atoms with Crippen LogP contribution in [0.5, 0.6) is 5.75 Å². The maximum Gasteiger partial charge on any atom is 0.243 e. The number of benzene rings is 3. The van der Waals surface area contributed by atoms with Gasteiger partial charge in [0.2, 0.25) is 5.91 Å². The number of hydrogen-bond donors (Lipinski definition) is 2. The normalized spacial score (nSPS) is 14.8. The second-order valence-electron chi connectivity index (χ2n) is 8.61. The number of rotatable bonds is 7. The van der Waals surface area contributed by atoms with Gasteiger partial charge in [-0.25, -0.2) is 0 Å². The van der Waals surface area contributed by atoms with Crippen molar-refractivity contribution < 1.29 is 9.53 Å². The molecule has 33 heavy (non-hydrogen) atoms. The Labute approximate surface area is 194 Å². The minimum absolute atomic E-state index is 0.0909. The zero-order chi connectivity index (χ0) is 22.8. The van der Waals surface area contributed by atoms with Gasteiger partial charge in [0, 0.05) is 41.8 Å². The zero-order valence-corrected chi connectivity index (χ0v) is 19.0. The van der Waals surface area contributed by atoms with E-state index in [2.05, 4.69) is 52.9 Å². The van der Waals surface area contributed by atoms with E-state index in [-0.39, 0.29) is 17.9 Å². The lowest BCUT2D eigenvalue weighted by molar-refractivity contribution is -0.120. The van der Waals surface area contributed by atoms with Crippen molar-refractivity contribution in [1.29, 1.82) is 0 Å². The topological polar surface area (TPSA) is 57.4 Å². The highest BCUT2D eigenvalue weighted by Crippen LogP contribution is 2.32. The number of carbonyl (C=O) groups excluding carboxylic acids is 1. The molecule has 0 saturated heterocycles. The number of hydrogen-bond acceptors (Lipinski definition) is 3. The smallest absolute Gasteiger partial charge is 0.243 e. The summed E-state index contributed by atoms with van der Waals surface area (Å²) in [4.78, 5) is 18.6. The molecular formula is C28H29N3O2. The fraction of sp³-hybridized carbons (Fsp3) is 0.250. The van der Waals surface area contributed by atoms with E-state index >= 15 is 0 Å².